The second-order valence-corrected chi connectivity index (χ2v) is 6.25. The Bertz CT molecular complexity index is 801. The number of nitrogens with one attached hydrogen (secondary N) is 1. The van der Waals surface area contributed by atoms with Crippen molar-refractivity contribution in [1.82, 2.24) is 9.55 Å². The van der Waals surface area contributed by atoms with Crippen molar-refractivity contribution in [3.63, 3.8) is 0 Å². The van der Waals surface area contributed by atoms with Crippen molar-refractivity contribution in [2.24, 2.45) is 0 Å². The van der Waals surface area contributed by atoms with Crippen molar-refractivity contribution in [3.05, 3.63) is 36.2 Å². The molecule has 1 aromatic carbocycles. The Labute approximate surface area is 144 Å². The Morgan fingerprint density at radius 2 is 2.08 bits per heavy atom. The Morgan fingerprint density at radius 1 is 1.36 bits per heavy atom. The van der Waals surface area contributed by atoms with E-state index in [0.717, 1.165) is 12.8 Å². The molecule has 0 radical (unpaired) electrons. The Hall–Kier alpha value is -2.28. The second-order valence-electron chi connectivity index (χ2n) is 6.25. The Morgan fingerprint density at radius 3 is 2.80 bits per heavy atom. The van der Waals surface area contributed by atoms with Crippen LogP contribution in [0.25, 0.3) is 16.7 Å². The van der Waals surface area contributed by atoms with E-state index in [4.69, 9.17) is 10.1 Å². The number of ether oxygens (including phenoxy) is 1. The number of rotatable bonds is 4. The summed E-state index contributed by atoms with van der Waals surface area (Å²) in [5, 5.41) is 17.9. The summed E-state index contributed by atoms with van der Waals surface area (Å²) in [7, 11) is 0. The number of allylic oxidation sites excluding steroid dienone is 1. The van der Waals surface area contributed by atoms with Crippen molar-refractivity contribution in [3.8, 4) is 0 Å². The van der Waals surface area contributed by atoms with Crippen molar-refractivity contribution >= 4 is 22.6 Å². The largest absolute Gasteiger partial charge is 0.472 e. The average molecular weight is 349 g/mol. The van der Waals surface area contributed by atoms with E-state index >= 15 is 0 Å². The van der Waals surface area contributed by atoms with Crippen LogP contribution < -0.4 is 0 Å². The zero-order chi connectivity index (χ0) is 18.0. The first-order valence-corrected chi connectivity index (χ1v) is 8.35. The molecule has 1 heterocycles. The summed E-state index contributed by atoms with van der Waals surface area (Å²) in [4.78, 5) is 3.99. The van der Waals surface area contributed by atoms with Crippen LogP contribution in [-0.4, -0.2) is 32.8 Å². The molecule has 0 spiro atoms. The number of aliphatic hydroxyl groups excluding tert-OH is 1. The monoisotopic (exact) mass is 349 g/mol. The molecule has 2 atom stereocenters. The van der Waals surface area contributed by atoms with Gasteiger partial charge in [0.05, 0.1) is 17.1 Å². The summed E-state index contributed by atoms with van der Waals surface area (Å²) in [6, 6.07) is 6.87. The predicted molar refractivity (Wildman–Crippen MR) is 91.7 cm³/mol. The number of fused-ring (bicyclic) bond motifs is 1. The minimum atomic E-state index is -2.73. The zero-order valence-electron chi connectivity index (χ0n) is 14.0. The van der Waals surface area contributed by atoms with Gasteiger partial charge in [0.25, 0.3) is 6.43 Å². The van der Waals surface area contributed by atoms with Gasteiger partial charge in [0.2, 0.25) is 5.90 Å². The van der Waals surface area contributed by atoms with Gasteiger partial charge in [0.1, 0.15) is 6.10 Å². The zero-order valence-corrected chi connectivity index (χ0v) is 14.0. The fourth-order valence-corrected chi connectivity index (χ4v) is 3.23. The third-order valence-corrected chi connectivity index (χ3v) is 4.42. The van der Waals surface area contributed by atoms with Crippen molar-refractivity contribution < 1.29 is 18.6 Å². The third-order valence-electron chi connectivity index (χ3n) is 4.42. The lowest BCUT2D eigenvalue weighted by atomic mass is 9.95. The highest BCUT2D eigenvalue weighted by Gasteiger charge is 2.25. The number of hydrogen-bond donors (Lipinski definition) is 2. The number of aromatic nitrogens is 2. The summed E-state index contributed by atoms with van der Waals surface area (Å²) in [5.41, 5.74) is 1.44. The molecular formula is C18H21F2N3O2. The summed E-state index contributed by atoms with van der Waals surface area (Å²) < 4.78 is 33.6. The van der Waals surface area contributed by atoms with Gasteiger partial charge in [-0.1, -0.05) is 18.6 Å². The Balaban J connectivity index is 1.87. The van der Waals surface area contributed by atoms with E-state index in [1.165, 1.54) is 10.6 Å². The number of benzene rings is 1. The van der Waals surface area contributed by atoms with Crippen LogP contribution in [0.15, 0.2) is 30.3 Å². The van der Waals surface area contributed by atoms with Gasteiger partial charge >= 0.3 is 0 Å². The van der Waals surface area contributed by atoms with Crippen molar-refractivity contribution in [1.29, 1.82) is 5.41 Å². The first-order valence-electron chi connectivity index (χ1n) is 8.35. The molecule has 134 valence electrons. The number of nitrogens with zero attached hydrogens (tertiary/aromatic N) is 2. The number of alkyl halides is 2. The minimum absolute atomic E-state index is 0.151. The van der Waals surface area contributed by atoms with Gasteiger partial charge in [-0.15, -0.1) is 0 Å². The quantitative estimate of drug-likeness (QED) is 0.644. The van der Waals surface area contributed by atoms with Crippen molar-refractivity contribution in [2.45, 2.75) is 51.2 Å². The van der Waals surface area contributed by atoms with E-state index in [-0.39, 0.29) is 11.7 Å². The second kappa shape index (κ2) is 7.31. The molecule has 0 unspecified atom stereocenters. The maximum absolute atomic E-state index is 13.4. The Kier molecular flexibility index (Phi) is 5.13. The van der Waals surface area contributed by atoms with Crippen LogP contribution in [0.3, 0.4) is 0 Å². The normalized spacial score (nSPS) is 21.7. The minimum Gasteiger partial charge on any atom is -0.472 e. The molecule has 5 nitrogen and oxygen atoms in total. The van der Waals surface area contributed by atoms with Crippen LogP contribution in [0.4, 0.5) is 8.78 Å². The highest BCUT2D eigenvalue weighted by Crippen LogP contribution is 2.27. The highest BCUT2D eigenvalue weighted by atomic mass is 19.3. The number of hydrogen-bond acceptors (Lipinski definition) is 4. The molecule has 0 bridgehead atoms. The fourth-order valence-electron chi connectivity index (χ4n) is 3.23. The van der Waals surface area contributed by atoms with Crippen LogP contribution in [0, 0.1) is 5.41 Å². The van der Waals surface area contributed by atoms with Gasteiger partial charge in [-0.3, -0.25) is 9.98 Å². The predicted octanol–water partition coefficient (Wildman–Crippen LogP) is 4.13. The lowest BCUT2D eigenvalue weighted by Crippen LogP contribution is -2.33. The van der Waals surface area contributed by atoms with Gasteiger partial charge in [0, 0.05) is 11.8 Å². The standard InChI is InChI=1S/C18H21F2N3O2/c1-11(10-16(21)25-15-9-5-4-8-14(15)24)23-13-7-3-2-6-12(13)22-18(23)17(19)20/h2-3,6-7,10,14-15,17,21,24H,4-5,8-9H2,1H3/b11-10+,21-16?/t14-,15-/m0/s1. The van der Waals surface area contributed by atoms with E-state index < -0.39 is 18.6 Å². The molecule has 3 rings (SSSR count). The molecule has 1 saturated carbocycles. The van der Waals surface area contributed by atoms with E-state index in [9.17, 15) is 13.9 Å². The summed E-state index contributed by atoms with van der Waals surface area (Å²) in [6.07, 6.45) is 0.886. The molecule has 1 aliphatic rings. The van der Waals surface area contributed by atoms with Crippen LogP contribution >= 0.6 is 0 Å². The highest BCUT2D eigenvalue weighted by molar-refractivity contribution is 5.92. The molecule has 25 heavy (non-hydrogen) atoms. The maximum Gasteiger partial charge on any atom is 0.295 e. The smallest absolute Gasteiger partial charge is 0.295 e. The van der Waals surface area contributed by atoms with E-state index in [1.54, 1.807) is 31.2 Å². The van der Waals surface area contributed by atoms with Crippen LogP contribution in [0.2, 0.25) is 0 Å². The van der Waals surface area contributed by atoms with E-state index in [2.05, 4.69) is 4.98 Å². The number of aliphatic hydroxyl groups is 1. The third kappa shape index (κ3) is 3.71. The number of para-hydroxylation sites is 2. The molecule has 1 fully saturated rings. The summed E-state index contributed by atoms with van der Waals surface area (Å²) >= 11 is 0. The first-order chi connectivity index (χ1) is 12.0. The van der Waals surface area contributed by atoms with Gasteiger partial charge < -0.3 is 9.84 Å². The van der Waals surface area contributed by atoms with E-state index in [1.807, 2.05) is 0 Å². The molecule has 2 N–H and O–H groups in total. The van der Waals surface area contributed by atoms with Gasteiger partial charge in [-0.25, -0.2) is 13.8 Å². The van der Waals surface area contributed by atoms with Gasteiger partial charge in [0.15, 0.2) is 5.82 Å². The maximum atomic E-state index is 13.4. The average Bonchev–Trinajstić information content (AvgIpc) is 2.97. The van der Waals surface area contributed by atoms with Gasteiger partial charge in [-0.05, 0) is 38.3 Å². The number of imidazole rings is 1. The SMILES string of the molecule is C/C(=C\C(=N)O[C@H]1CCCC[C@@H]1O)n1c(C(F)F)nc2ccccc21. The van der Waals surface area contributed by atoms with Crippen LogP contribution in [0.1, 0.15) is 44.9 Å². The van der Waals surface area contributed by atoms with Crippen molar-refractivity contribution in [2.75, 3.05) is 0 Å². The molecule has 1 aromatic heterocycles. The van der Waals surface area contributed by atoms with Gasteiger partial charge in [-0.2, -0.15) is 0 Å². The lowest BCUT2D eigenvalue weighted by Gasteiger charge is -2.27. The molecule has 2 aromatic rings. The number of halogens is 2. The molecule has 7 heteroatoms. The molecule has 1 aliphatic carbocycles. The molecule has 0 saturated heterocycles. The molecule has 0 amide bonds. The van der Waals surface area contributed by atoms with E-state index in [0.29, 0.717) is 29.6 Å². The topological polar surface area (TPSA) is 71.1 Å². The van der Waals surface area contributed by atoms with Crippen LogP contribution in [-0.2, 0) is 4.74 Å². The molecule has 0 aliphatic heterocycles. The summed E-state index contributed by atoms with van der Waals surface area (Å²) in [6.45, 7) is 1.63. The summed E-state index contributed by atoms with van der Waals surface area (Å²) in [5.74, 6) is -0.512. The van der Waals surface area contributed by atoms with Crippen LogP contribution in [0.5, 0.6) is 0 Å². The fraction of sp³-hybridized carbons (Fsp3) is 0.444. The lowest BCUT2D eigenvalue weighted by molar-refractivity contribution is -0.00000288. The first kappa shape index (κ1) is 17.5. The molecular weight excluding hydrogens is 328 g/mol.